The van der Waals surface area contributed by atoms with Gasteiger partial charge in [0.15, 0.2) is 0 Å². The highest BCUT2D eigenvalue weighted by atomic mass is 16.4. The van der Waals surface area contributed by atoms with Crippen LogP contribution in [0.4, 0.5) is 0 Å². The number of carboxylic acids is 4. The lowest BCUT2D eigenvalue weighted by Gasteiger charge is -2.02. The van der Waals surface area contributed by atoms with Crippen molar-refractivity contribution in [1.29, 1.82) is 0 Å². The van der Waals surface area contributed by atoms with E-state index < -0.39 is 23.9 Å². The second-order valence-corrected chi connectivity index (χ2v) is 11.8. The number of aliphatic carboxylic acids is 4. The fraction of sp³-hybridized carbons (Fsp3) is 0.889. The van der Waals surface area contributed by atoms with E-state index in [0.29, 0.717) is 12.8 Å². The molecule has 0 spiro atoms. The first-order chi connectivity index (χ1) is 21.0. The van der Waals surface area contributed by atoms with Crippen LogP contribution < -0.4 is 0 Å². The van der Waals surface area contributed by atoms with Gasteiger partial charge in [-0.1, -0.05) is 168 Å². The highest BCUT2D eigenvalue weighted by molar-refractivity contribution is 5.66. The molecule has 8 nitrogen and oxygen atoms in total. The van der Waals surface area contributed by atoms with Crippen molar-refractivity contribution in [2.75, 3.05) is 0 Å². The van der Waals surface area contributed by atoms with Crippen LogP contribution in [0.25, 0.3) is 0 Å². The molecule has 0 radical (unpaired) electrons. The van der Waals surface area contributed by atoms with Gasteiger partial charge in [0.1, 0.15) is 0 Å². The van der Waals surface area contributed by atoms with Crippen molar-refractivity contribution < 1.29 is 39.6 Å². The Balaban J connectivity index is -0.000000292. The summed E-state index contributed by atoms with van der Waals surface area (Å²) in [5.74, 6) is -2.98. The lowest BCUT2D eigenvalue weighted by atomic mass is 10.0. The third-order valence-corrected chi connectivity index (χ3v) is 6.99. The number of hydrogen-bond donors (Lipinski definition) is 4. The molecule has 0 aliphatic heterocycles. The minimum Gasteiger partial charge on any atom is -0.481 e. The Labute approximate surface area is 270 Å². The van der Waals surface area contributed by atoms with E-state index in [1.165, 1.54) is 141 Å². The Hall–Kier alpha value is -2.12. The van der Waals surface area contributed by atoms with Gasteiger partial charge in [0.05, 0.1) is 0 Å². The topological polar surface area (TPSA) is 149 Å². The number of unbranched alkanes of at least 4 members (excludes halogenated alkanes) is 24. The molecule has 0 heterocycles. The van der Waals surface area contributed by atoms with Crippen LogP contribution in [-0.2, 0) is 19.2 Å². The Morgan fingerprint density at radius 2 is 0.455 bits per heavy atom. The van der Waals surface area contributed by atoms with Gasteiger partial charge >= 0.3 is 11.9 Å². The molecule has 4 N–H and O–H groups in total. The molecule has 0 saturated heterocycles. The van der Waals surface area contributed by atoms with Crippen molar-refractivity contribution in [3.05, 3.63) is 0 Å². The molecule has 0 saturated carbocycles. The van der Waals surface area contributed by atoms with E-state index in [0.717, 1.165) is 39.5 Å². The zero-order valence-corrected chi connectivity index (χ0v) is 29.2. The van der Waals surface area contributed by atoms with Gasteiger partial charge in [0.2, 0.25) is 0 Å². The molecular weight excluding hydrogens is 560 g/mol. The summed E-state index contributed by atoms with van der Waals surface area (Å²) >= 11 is 0. The normalized spacial score (nSPS) is 9.91. The molecule has 0 rings (SSSR count). The zero-order valence-electron chi connectivity index (χ0n) is 29.2. The summed E-state index contributed by atoms with van der Waals surface area (Å²) in [4.78, 5) is 38.6. The van der Waals surface area contributed by atoms with Crippen molar-refractivity contribution >= 4 is 23.9 Å². The highest BCUT2D eigenvalue weighted by Crippen LogP contribution is 2.14. The highest BCUT2D eigenvalue weighted by Gasteiger charge is 1.98. The Bertz CT molecular complexity index is 547. The maximum Gasteiger partial charge on any atom is 0.303 e. The molecule has 0 atom stereocenters. The summed E-state index contributed by atoms with van der Waals surface area (Å²) in [7, 11) is 0. The molecule has 0 amide bonds. The average molecular weight is 633 g/mol. The first-order valence-electron chi connectivity index (χ1n) is 17.8. The van der Waals surface area contributed by atoms with Crippen LogP contribution in [0.15, 0.2) is 0 Å². The van der Waals surface area contributed by atoms with Crippen LogP contribution in [-0.4, -0.2) is 44.3 Å². The van der Waals surface area contributed by atoms with Crippen molar-refractivity contribution in [1.82, 2.24) is 0 Å². The number of hydrogen-bond acceptors (Lipinski definition) is 4. The molecule has 0 unspecified atom stereocenters. The van der Waals surface area contributed by atoms with Gasteiger partial charge in [-0.05, 0) is 12.8 Å². The van der Waals surface area contributed by atoms with Crippen LogP contribution in [0.1, 0.15) is 207 Å². The lowest BCUT2D eigenvalue weighted by molar-refractivity contribution is -0.138. The summed E-state index contributed by atoms with van der Waals surface area (Å²) in [6, 6.07) is 0. The van der Waals surface area contributed by atoms with Crippen molar-refractivity contribution in [3.63, 3.8) is 0 Å². The van der Waals surface area contributed by atoms with Crippen molar-refractivity contribution in [2.45, 2.75) is 207 Å². The summed E-state index contributed by atoms with van der Waals surface area (Å²) in [5.41, 5.74) is 0. The molecule has 0 aromatic carbocycles. The first kappa shape index (κ1) is 48.8. The second kappa shape index (κ2) is 45.3. The van der Waals surface area contributed by atoms with Crippen molar-refractivity contribution in [3.8, 4) is 0 Å². The summed E-state index contributed by atoms with van der Waals surface area (Å²) < 4.78 is 0. The van der Waals surface area contributed by atoms with E-state index in [1.807, 2.05) is 0 Å². The SMILES string of the molecule is CC(=O)O.CC(=O)O.CCCCCCCCCCCCCCCC(=O)O.CCCCCCCCCCCCCCCC(=O)O. The van der Waals surface area contributed by atoms with Gasteiger partial charge in [-0.3, -0.25) is 19.2 Å². The fourth-order valence-corrected chi connectivity index (χ4v) is 4.59. The lowest BCUT2D eigenvalue weighted by Crippen LogP contribution is -1.93. The van der Waals surface area contributed by atoms with Crippen LogP contribution in [0.5, 0.6) is 0 Å². The molecule has 0 aliphatic carbocycles. The monoisotopic (exact) mass is 633 g/mol. The maximum atomic E-state index is 10.3. The van der Waals surface area contributed by atoms with Gasteiger partial charge in [-0.15, -0.1) is 0 Å². The van der Waals surface area contributed by atoms with E-state index in [4.69, 9.17) is 30.0 Å². The second-order valence-electron chi connectivity index (χ2n) is 11.8. The van der Waals surface area contributed by atoms with E-state index in [9.17, 15) is 9.59 Å². The molecule has 0 aromatic rings. The van der Waals surface area contributed by atoms with Crippen LogP contribution in [0.3, 0.4) is 0 Å². The van der Waals surface area contributed by atoms with Crippen molar-refractivity contribution in [2.24, 2.45) is 0 Å². The Morgan fingerprint density at radius 1 is 0.318 bits per heavy atom. The molecule has 264 valence electrons. The van der Waals surface area contributed by atoms with Gasteiger partial charge in [-0.25, -0.2) is 0 Å². The van der Waals surface area contributed by atoms with E-state index in [-0.39, 0.29) is 0 Å². The van der Waals surface area contributed by atoms with Gasteiger partial charge in [0.25, 0.3) is 11.9 Å². The van der Waals surface area contributed by atoms with E-state index in [1.54, 1.807) is 0 Å². The van der Waals surface area contributed by atoms with Crippen LogP contribution in [0, 0.1) is 0 Å². The quantitative estimate of drug-likeness (QED) is 0.0622. The predicted molar refractivity (Wildman–Crippen MR) is 183 cm³/mol. The average Bonchev–Trinajstić information content (AvgIpc) is 2.93. The number of carbonyl (C=O) groups is 4. The predicted octanol–water partition coefficient (Wildman–Crippen LogP) is 11.3. The van der Waals surface area contributed by atoms with Crippen LogP contribution >= 0.6 is 0 Å². The smallest absolute Gasteiger partial charge is 0.303 e. The molecule has 44 heavy (non-hydrogen) atoms. The largest absolute Gasteiger partial charge is 0.481 e. The van der Waals surface area contributed by atoms with Gasteiger partial charge < -0.3 is 20.4 Å². The summed E-state index contributed by atoms with van der Waals surface area (Å²) in [5, 5.41) is 31.8. The first-order valence-corrected chi connectivity index (χ1v) is 17.8. The van der Waals surface area contributed by atoms with E-state index in [2.05, 4.69) is 13.8 Å². The van der Waals surface area contributed by atoms with E-state index >= 15 is 0 Å². The fourth-order valence-electron chi connectivity index (χ4n) is 4.59. The number of carboxylic acid groups (broad SMARTS) is 4. The van der Waals surface area contributed by atoms with Gasteiger partial charge in [-0.2, -0.15) is 0 Å². The minimum absolute atomic E-state index is 0.345. The third kappa shape index (κ3) is 77.6. The summed E-state index contributed by atoms with van der Waals surface area (Å²) in [6.07, 6.45) is 34.5. The third-order valence-electron chi connectivity index (χ3n) is 6.99. The molecule has 0 fully saturated rings. The molecule has 0 bridgehead atoms. The zero-order chi connectivity index (χ0) is 34.1. The molecular formula is C36H72O8. The molecule has 8 heteroatoms. The molecule has 0 aliphatic rings. The number of rotatable bonds is 28. The maximum absolute atomic E-state index is 10.3. The standard InChI is InChI=1S/2C16H32O2.2C2H4O2/c2*1-2-3-4-5-6-7-8-9-10-11-12-13-14-15-16(17)18;2*1-2(3)4/h2*2-15H2,1H3,(H,17,18);2*1H3,(H,3,4). The Morgan fingerprint density at radius 3 is 0.591 bits per heavy atom. The minimum atomic E-state index is -0.833. The van der Waals surface area contributed by atoms with Crippen LogP contribution in [0.2, 0.25) is 0 Å². The molecule has 0 aromatic heterocycles. The summed E-state index contributed by atoms with van der Waals surface area (Å²) in [6.45, 7) is 6.69. The Kier molecular flexibility index (Phi) is 50.2. The van der Waals surface area contributed by atoms with Gasteiger partial charge in [0, 0.05) is 26.7 Å².